The van der Waals surface area contributed by atoms with Gasteiger partial charge in [0.2, 0.25) is 5.91 Å². The fourth-order valence-electron chi connectivity index (χ4n) is 1.75. The van der Waals surface area contributed by atoms with E-state index in [2.05, 4.69) is 10.1 Å². The largest absolute Gasteiger partial charge is 0.481 e. The molecule has 2 N–H and O–H groups in total. The number of hydrogen-bond donors (Lipinski definition) is 2. The average molecular weight is 271 g/mol. The summed E-state index contributed by atoms with van der Waals surface area (Å²) in [5.74, 6) is -2.99. The highest BCUT2D eigenvalue weighted by atomic mass is 19.3. The van der Waals surface area contributed by atoms with Crippen LogP contribution in [0.25, 0.3) is 0 Å². The summed E-state index contributed by atoms with van der Waals surface area (Å²) in [6.45, 7) is -2.99. The van der Waals surface area contributed by atoms with Crippen LogP contribution < -0.4 is 10.1 Å². The Morgan fingerprint density at radius 2 is 2.00 bits per heavy atom. The summed E-state index contributed by atoms with van der Waals surface area (Å²) < 4.78 is 28.6. The summed E-state index contributed by atoms with van der Waals surface area (Å²) in [7, 11) is 0. The molecule has 1 saturated carbocycles. The summed E-state index contributed by atoms with van der Waals surface area (Å²) >= 11 is 0. The fourth-order valence-corrected chi connectivity index (χ4v) is 1.75. The topological polar surface area (TPSA) is 75.6 Å². The van der Waals surface area contributed by atoms with E-state index in [1.165, 1.54) is 18.2 Å². The molecule has 0 aliphatic heterocycles. The number of para-hydroxylation sites is 2. The van der Waals surface area contributed by atoms with E-state index in [0.717, 1.165) is 0 Å². The molecule has 0 saturated heterocycles. The summed E-state index contributed by atoms with van der Waals surface area (Å²) in [5, 5.41) is 11.1. The third-order valence-corrected chi connectivity index (χ3v) is 2.81. The van der Waals surface area contributed by atoms with Gasteiger partial charge in [-0.2, -0.15) is 8.78 Å². The van der Waals surface area contributed by atoms with Gasteiger partial charge in [0.25, 0.3) is 0 Å². The first-order valence-electron chi connectivity index (χ1n) is 5.56. The van der Waals surface area contributed by atoms with Gasteiger partial charge in [-0.15, -0.1) is 0 Å². The van der Waals surface area contributed by atoms with Crippen molar-refractivity contribution in [2.45, 2.75) is 13.0 Å². The monoisotopic (exact) mass is 271 g/mol. The molecule has 5 nitrogen and oxygen atoms in total. The van der Waals surface area contributed by atoms with Crippen molar-refractivity contribution in [3.05, 3.63) is 24.3 Å². The first-order valence-corrected chi connectivity index (χ1v) is 5.56. The number of rotatable bonds is 5. The Hall–Kier alpha value is -2.18. The van der Waals surface area contributed by atoms with Crippen LogP contribution in [0.15, 0.2) is 24.3 Å². The van der Waals surface area contributed by atoms with Crippen LogP contribution in [0.4, 0.5) is 14.5 Å². The van der Waals surface area contributed by atoms with Crippen molar-refractivity contribution in [1.82, 2.24) is 0 Å². The minimum absolute atomic E-state index is 0.101. The van der Waals surface area contributed by atoms with Gasteiger partial charge in [-0.1, -0.05) is 12.1 Å². The second-order valence-corrected chi connectivity index (χ2v) is 4.15. The smallest absolute Gasteiger partial charge is 0.387 e. The van der Waals surface area contributed by atoms with Crippen LogP contribution in [-0.4, -0.2) is 23.6 Å². The summed E-state index contributed by atoms with van der Waals surface area (Å²) in [6, 6.07) is 5.75. The second kappa shape index (κ2) is 5.21. The molecule has 2 atom stereocenters. The number of carbonyl (C=O) groups is 2. The highest BCUT2D eigenvalue weighted by molar-refractivity contribution is 5.99. The zero-order valence-corrected chi connectivity index (χ0v) is 9.68. The van der Waals surface area contributed by atoms with Gasteiger partial charge in [0.1, 0.15) is 5.75 Å². The van der Waals surface area contributed by atoms with E-state index in [4.69, 9.17) is 5.11 Å². The maximum absolute atomic E-state index is 12.2. The number of ether oxygens (including phenoxy) is 1. The van der Waals surface area contributed by atoms with Gasteiger partial charge in [0.15, 0.2) is 0 Å². The van der Waals surface area contributed by atoms with Crippen molar-refractivity contribution in [3.8, 4) is 5.75 Å². The molecule has 1 amide bonds. The number of aliphatic carboxylic acids is 1. The first-order chi connectivity index (χ1) is 8.99. The Bertz CT molecular complexity index is 506. The zero-order chi connectivity index (χ0) is 14.0. The van der Waals surface area contributed by atoms with E-state index in [9.17, 15) is 18.4 Å². The SMILES string of the molecule is O=C(O)C1CC1C(=O)Nc1ccccc1OC(F)F. The maximum atomic E-state index is 12.2. The Balaban J connectivity index is 2.03. The molecule has 0 heterocycles. The van der Waals surface area contributed by atoms with Crippen molar-refractivity contribution < 1.29 is 28.2 Å². The van der Waals surface area contributed by atoms with Gasteiger partial charge in [0, 0.05) is 0 Å². The molecular formula is C12H11F2NO4. The quantitative estimate of drug-likeness (QED) is 0.858. The Morgan fingerprint density at radius 1 is 1.32 bits per heavy atom. The Morgan fingerprint density at radius 3 is 2.58 bits per heavy atom. The summed E-state index contributed by atoms with van der Waals surface area (Å²) in [6.07, 6.45) is 0.263. The Kier molecular flexibility index (Phi) is 3.64. The molecule has 7 heteroatoms. The lowest BCUT2D eigenvalue weighted by molar-refractivity contribution is -0.139. The molecule has 19 heavy (non-hydrogen) atoms. The molecule has 1 aromatic rings. The van der Waals surface area contributed by atoms with Crippen LogP contribution in [-0.2, 0) is 9.59 Å². The van der Waals surface area contributed by atoms with E-state index in [0.29, 0.717) is 0 Å². The maximum Gasteiger partial charge on any atom is 0.387 e. The predicted molar refractivity (Wildman–Crippen MR) is 60.9 cm³/mol. The second-order valence-electron chi connectivity index (χ2n) is 4.15. The van der Waals surface area contributed by atoms with Crippen LogP contribution in [0.2, 0.25) is 0 Å². The number of hydrogen-bond acceptors (Lipinski definition) is 3. The number of nitrogens with one attached hydrogen (secondary N) is 1. The van der Waals surface area contributed by atoms with Gasteiger partial charge >= 0.3 is 12.6 Å². The van der Waals surface area contributed by atoms with E-state index < -0.39 is 30.3 Å². The minimum atomic E-state index is -2.99. The van der Waals surface area contributed by atoms with Gasteiger partial charge in [-0.25, -0.2) is 0 Å². The highest BCUT2D eigenvalue weighted by Gasteiger charge is 2.48. The molecule has 0 spiro atoms. The minimum Gasteiger partial charge on any atom is -0.481 e. The fraction of sp³-hybridized carbons (Fsp3) is 0.333. The third kappa shape index (κ3) is 3.18. The number of carboxylic acid groups (broad SMARTS) is 1. The molecule has 102 valence electrons. The van der Waals surface area contributed by atoms with E-state index in [1.54, 1.807) is 6.07 Å². The van der Waals surface area contributed by atoms with E-state index >= 15 is 0 Å². The molecule has 2 unspecified atom stereocenters. The number of carboxylic acids is 1. The van der Waals surface area contributed by atoms with Crippen molar-refractivity contribution in [2.75, 3.05) is 5.32 Å². The molecule has 0 radical (unpaired) electrons. The normalized spacial score (nSPS) is 21.0. The van der Waals surface area contributed by atoms with Crippen LogP contribution >= 0.6 is 0 Å². The molecule has 2 rings (SSSR count). The lowest BCUT2D eigenvalue weighted by Crippen LogP contribution is -2.17. The first kappa shape index (κ1) is 13.3. The molecule has 0 bridgehead atoms. The molecule has 1 aliphatic carbocycles. The molecule has 1 aromatic carbocycles. The van der Waals surface area contributed by atoms with Crippen molar-refractivity contribution in [1.29, 1.82) is 0 Å². The Labute approximate surface area is 107 Å². The van der Waals surface area contributed by atoms with E-state index in [1.807, 2.05) is 0 Å². The molecule has 1 fully saturated rings. The zero-order valence-electron chi connectivity index (χ0n) is 9.68. The number of anilines is 1. The van der Waals surface area contributed by atoms with Gasteiger partial charge in [-0.05, 0) is 18.6 Å². The average Bonchev–Trinajstić information content (AvgIpc) is 3.11. The van der Waals surface area contributed by atoms with Gasteiger partial charge < -0.3 is 15.2 Å². The number of amides is 1. The van der Waals surface area contributed by atoms with Crippen molar-refractivity contribution >= 4 is 17.6 Å². The van der Waals surface area contributed by atoms with Crippen molar-refractivity contribution in [3.63, 3.8) is 0 Å². The number of alkyl halides is 2. The third-order valence-electron chi connectivity index (χ3n) is 2.81. The van der Waals surface area contributed by atoms with Crippen LogP contribution in [0.1, 0.15) is 6.42 Å². The molecular weight excluding hydrogens is 260 g/mol. The summed E-state index contributed by atoms with van der Waals surface area (Å²) in [5.41, 5.74) is 0.101. The van der Waals surface area contributed by atoms with Crippen LogP contribution in [0, 0.1) is 11.8 Å². The predicted octanol–water partition coefficient (Wildman–Crippen LogP) is 1.95. The lowest BCUT2D eigenvalue weighted by atomic mass is 10.2. The standard InChI is InChI=1S/C12H11F2NO4/c13-12(14)19-9-4-2-1-3-8(9)15-10(16)6-5-7(6)11(17)18/h1-4,6-7,12H,5H2,(H,15,16)(H,17,18). The van der Waals surface area contributed by atoms with Gasteiger partial charge in [0.05, 0.1) is 17.5 Å². The van der Waals surface area contributed by atoms with Crippen LogP contribution in [0.3, 0.4) is 0 Å². The number of halogens is 2. The van der Waals surface area contributed by atoms with E-state index in [-0.39, 0.29) is 17.9 Å². The molecule has 0 aromatic heterocycles. The number of carbonyl (C=O) groups excluding carboxylic acids is 1. The molecule has 1 aliphatic rings. The van der Waals surface area contributed by atoms with Gasteiger partial charge in [-0.3, -0.25) is 9.59 Å². The highest BCUT2D eigenvalue weighted by Crippen LogP contribution is 2.40. The lowest BCUT2D eigenvalue weighted by Gasteiger charge is -2.11. The van der Waals surface area contributed by atoms with Crippen LogP contribution in [0.5, 0.6) is 5.75 Å². The summed E-state index contributed by atoms with van der Waals surface area (Å²) in [4.78, 5) is 22.3. The van der Waals surface area contributed by atoms with Crippen molar-refractivity contribution in [2.24, 2.45) is 11.8 Å². The number of benzene rings is 1.